The number of carbonyl (C=O) groups excluding carboxylic acids is 1. The molecule has 0 unspecified atom stereocenters. The summed E-state index contributed by atoms with van der Waals surface area (Å²) in [5.41, 5.74) is 2.30. The molecule has 3 heteroatoms. The second kappa shape index (κ2) is 7.09. The van der Waals surface area contributed by atoms with Crippen molar-refractivity contribution in [3.63, 3.8) is 0 Å². The second-order valence-electron chi connectivity index (χ2n) is 9.30. The molecular weight excluding hydrogens is 336 g/mol. The van der Waals surface area contributed by atoms with Crippen LogP contribution in [0.5, 0.6) is 0 Å². The lowest BCUT2D eigenvalue weighted by atomic mass is 9.48. The van der Waals surface area contributed by atoms with Crippen LogP contribution in [0.2, 0.25) is 0 Å². The predicted octanol–water partition coefficient (Wildman–Crippen LogP) is 6.04. The van der Waals surface area contributed by atoms with Crippen molar-refractivity contribution in [2.24, 2.45) is 22.7 Å². The van der Waals surface area contributed by atoms with Gasteiger partial charge >= 0.3 is 0 Å². The number of allylic oxidation sites excluding steroid dienone is 1. The van der Waals surface area contributed by atoms with Gasteiger partial charge in [-0.05, 0) is 61.0 Å². The van der Waals surface area contributed by atoms with Gasteiger partial charge in [0, 0.05) is 17.4 Å². The Hall–Kier alpha value is -1.61. The minimum Gasteiger partial charge on any atom is -0.472 e. The first-order chi connectivity index (χ1) is 12.9. The van der Waals surface area contributed by atoms with E-state index in [1.807, 2.05) is 6.07 Å². The van der Waals surface area contributed by atoms with Crippen LogP contribution >= 0.6 is 0 Å². The lowest BCUT2D eigenvalue weighted by Crippen LogP contribution is -2.52. The molecule has 3 aliphatic rings. The summed E-state index contributed by atoms with van der Waals surface area (Å²) in [4.78, 5) is 12.7. The van der Waals surface area contributed by atoms with Gasteiger partial charge in [-0.2, -0.15) is 0 Å². The van der Waals surface area contributed by atoms with E-state index in [0.29, 0.717) is 24.2 Å². The van der Waals surface area contributed by atoms with Gasteiger partial charge in [-0.25, -0.2) is 0 Å². The number of fused-ring (bicyclic) bond motifs is 1. The van der Waals surface area contributed by atoms with E-state index in [9.17, 15) is 4.79 Å². The first kappa shape index (κ1) is 18.7. The van der Waals surface area contributed by atoms with Gasteiger partial charge in [0.25, 0.3) is 0 Å². The molecule has 0 spiro atoms. The van der Waals surface area contributed by atoms with Crippen LogP contribution in [0.4, 0.5) is 0 Å². The van der Waals surface area contributed by atoms with Crippen molar-refractivity contribution in [3.05, 3.63) is 48.0 Å². The lowest BCUT2D eigenvalue weighted by Gasteiger charge is -2.55. The quantitative estimate of drug-likeness (QED) is 0.653. The highest BCUT2D eigenvalue weighted by Gasteiger charge is 2.55. The fourth-order valence-corrected chi connectivity index (χ4v) is 5.70. The molecule has 1 aliphatic heterocycles. The third kappa shape index (κ3) is 3.24. The Bertz CT molecular complexity index is 744. The summed E-state index contributed by atoms with van der Waals surface area (Å²) in [6, 6.07) is 1.98. The Labute approximate surface area is 162 Å². The molecule has 2 fully saturated rings. The highest BCUT2D eigenvalue weighted by molar-refractivity contribution is 5.85. The van der Waals surface area contributed by atoms with E-state index in [1.165, 1.54) is 12.0 Å². The number of carbonyl (C=O) groups is 1. The summed E-state index contributed by atoms with van der Waals surface area (Å²) in [5, 5.41) is 0. The summed E-state index contributed by atoms with van der Waals surface area (Å²) in [6.45, 7) is 7.62. The summed E-state index contributed by atoms with van der Waals surface area (Å²) >= 11 is 0. The van der Waals surface area contributed by atoms with Crippen molar-refractivity contribution < 1.29 is 13.9 Å². The highest BCUT2D eigenvalue weighted by Crippen LogP contribution is 2.59. The molecule has 4 rings (SSSR count). The van der Waals surface area contributed by atoms with E-state index in [-0.39, 0.29) is 16.9 Å². The maximum atomic E-state index is 12.7. The molecule has 3 nitrogen and oxygen atoms in total. The maximum absolute atomic E-state index is 12.7. The molecule has 27 heavy (non-hydrogen) atoms. The van der Waals surface area contributed by atoms with Gasteiger partial charge in [-0.1, -0.05) is 39.0 Å². The third-order valence-corrected chi connectivity index (χ3v) is 7.83. The number of rotatable bonds is 3. The Morgan fingerprint density at radius 1 is 1.26 bits per heavy atom. The molecule has 146 valence electrons. The predicted molar refractivity (Wildman–Crippen MR) is 106 cm³/mol. The zero-order valence-electron chi connectivity index (χ0n) is 16.9. The fourth-order valence-electron chi connectivity index (χ4n) is 5.70. The van der Waals surface area contributed by atoms with Gasteiger partial charge in [-0.15, -0.1) is 0 Å². The second-order valence-corrected chi connectivity index (χ2v) is 9.30. The molecule has 0 N–H and O–H groups in total. The standard InChI is InChI=1S/C24H32O3/c1-17-9-12-24(3)21(5-4-6-22(24)25)23(17,2)13-10-18-7-8-20(27-15-18)19-11-14-26-16-19/h7,10-11,13-14,16-17,20-21H,4-6,8-9,12,15H2,1-3H3/b13-10-/t17-,20+,21+,23-,24+/m0/s1. The number of furan rings is 1. The summed E-state index contributed by atoms with van der Waals surface area (Å²) < 4.78 is 11.2. The molecule has 0 radical (unpaired) electrons. The molecule has 0 saturated heterocycles. The Balaban J connectivity index is 1.52. The van der Waals surface area contributed by atoms with Crippen molar-refractivity contribution in [2.75, 3.05) is 6.61 Å². The number of Topliss-reactive ketones (excluding diaryl/α,β-unsaturated/α-hetero) is 1. The van der Waals surface area contributed by atoms with Crippen LogP contribution in [0.1, 0.15) is 71.0 Å². The maximum Gasteiger partial charge on any atom is 0.139 e. The largest absolute Gasteiger partial charge is 0.472 e. The minimum absolute atomic E-state index is 0.0747. The average Bonchev–Trinajstić information content (AvgIpc) is 3.21. The third-order valence-electron chi connectivity index (χ3n) is 7.83. The van der Waals surface area contributed by atoms with Crippen molar-refractivity contribution in [2.45, 2.75) is 65.4 Å². The molecule has 0 aromatic carbocycles. The van der Waals surface area contributed by atoms with Gasteiger partial charge in [0.1, 0.15) is 5.78 Å². The van der Waals surface area contributed by atoms with Gasteiger partial charge in [-0.3, -0.25) is 4.79 Å². The molecule has 2 heterocycles. The Kier molecular flexibility index (Phi) is 4.92. The molecule has 0 bridgehead atoms. The van der Waals surface area contributed by atoms with E-state index in [2.05, 4.69) is 39.0 Å². The zero-order chi connectivity index (χ0) is 19.1. The van der Waals surface area contributed by atoms with E-state index in [0.717, 1.165) is 37.7 Å². The van der Waals surface area contributed by atoms with Crippen LogP contribution in [-0.2, 0) is 9.53 Å². The summed E-state index contributed by atoms with van der Waals surface area (Å²) in [5.74, 6) is 1.55. The first-order valence-corrected chi connectivity index (χ1v) is 10.5. The van der Waals surface area contributed by atoms with Crippen molar-refractivity contribution >= 4 is 5.78 Å². The van der Waals surface area contributed by atoms with Crippen LogP contribution in [-0.4, -0.2) is 12.4 Å². The van der Waals surface area contributed by atoms with Gasteiger partial charge in [0.2, 0.25) is 0 Å². The number of hydrogen-bond donors (Lipinski definition) is 0. The number of ketones is 1. The highest BCUT2D eigenvalue weighted by atomic mass is 16.5. The fraction of sp³-hybridized carbons (Fsp3) is 0.625. The van der Waals surface area contributed by atoms with Crippen LogP contribution in [0.3, 0.4) is 0 Å². The van der Waals surface area contributed by atoms with E-state index < -0.39 is 0 Å². The molecular formula is C24H32O3. The number of hydrogen-bond acceptors (Lipinski definition) is 3. The molecule has 2 saturated carbocycles. The van der Waals surface area contributed by atoms with Gasteiger partial charge in [0.15, 0.2) is 0 Å². The van der Waals surface area contributed by atoms with Gasteiger partial charge < -0.3 is 9.15 Å². The van der Waals surface area contributed by atoms with Crippen molar-refractivity contribution in [3.8, 4) is 0 Å². The zero-order valence-corrected chi connectivity index (χ0v) is 16.9. The summed E-state index contributed by atoms with van der Waals surface area (Å²) in [7, 11) is 0. The summed E-state index contributed by atoms with van der Waals surface area (Å²) in [6.07, 6.45) is 16.6. The van der Waals surface area contributed by atoms with Crippen LogP contribution in [0.25, 0.3) is 0 Å². The van der Waals surface area contributed by atoms with Gasteiger partial charge in [0.05, 0.1) is 25.2 Å². The molecule has 1 aromatic heterocycles. The van der Waals surface area contributed by atoms with Crippen LogP contribution in [0.15, 0.2) is 46.8 Å². The lowest BCUT2D eigenvalue weighted by molar-refractivity contribution is -0.144. The normalized spacial score (nSPS) is 40.0. The Morgan fingerprint density at radius 2 is 2.11 bits per heavy atom. The van der Waals surface area contributed by atoms with Crippen LogP contribution in [0, 0.1) is 22.7 Å². The van der Waals surface area contributed by atoms with E-state index in [1.54, 1.807) is 12.5 Å². The molecule has 0 amide bonds. The smallest absolute Gasteiger partial charge is 0.139 e. The number of ether oxygens (including phenoxy) is 1. The van der Waals surface area contributed by atoms with Crippen LogP contribution < -0.4 is 0 Å². The Morgan fingerprint density at radius 3 is 2.81 bits per heavy atom. The minimum atomic E-state index is -0.131. The first-order valence-electron chi connectivity index (χ1n) is 10.5. The molecule has 5 atom stereocenters. The van der Waals surface area contributed by atoms with Crippen molar-refractivity contribution in [1.29, 1.82) is 0 Å². The molecule has 2 aliphatic carbocycles. The van der Waals surface area contributed by atoms with E-state index >= 15 is 0 Å². The van der Waals surface area contributed by atoms with E-state index in [4.69, 9.17) is 9.15 Å². The van der Waals surface area contributed by atoms with Crippen molar-refractivity contribution in [1.82, 2.24) is 0 Å². The SMILES string of the molecule is C[C@H]1CC[C@@]2(C)C(=O)CCC[C@@H]2[C@@]1(C)/C=C\C1=CC[C@H](c2ccoc2)OC1. The monoisotopic (exact) mass is 368 g/mol. The molecule has 1 aromatic rings. The topological polar surface area (TPSA) is 39.4 Å². The average molecular weight is 369 g/mol.